The van der Waals surface area contributed by atoms with Gasteiger partial charge in [-0.15, -0.1) is 0 Å². The Hall–Kier alpha value is -2.43. The number of rotatable bonds is 5. The molecular weight excluding hydrogens is 404 g/mol. The van der Waals surface area contributed by atoms with Crippen molar-refractivity contribution < 1.29 is 22.3 Å². The number of nitrogens with one attached hydrogen (secondary N) is 1. The highest BCUT2D eigenvalue weighted by molar-refractivity contribution is 5.52. The van der Waals surface area contributed by atoms with Crippen molar-refractivity contribution in [2.45, 2.75) is 50.5 Å². The molecule has 0 bridgehead atoms. The van der Waals surface area contributed by atoms with E-state index >= 15 is 0 Å². The molecule has 2 aromatic heterocycles. The van der Waals surface area contributed by atoms with Crippen LogP contribution in [-0.2, 0) is 10.7 Å². The Bertz CT molecular complexity index is 868. The van der Waals surface area contributed by atoms with E-state index in [2.05, 4.69) is 20.4 Å². The molecule has 30 heavy (non-hydrogen) atoms. The molecule has 2 aromatic rings. The Morgan fingerprint density at radius 3 is 2.50 bits per heavy atom. The van der Waals surface area contributed by atoms with Gasteiger partial charge < -0.3 is 15.0 Å². The highest BCUT2D eigenvalue weighted by Crippen LogP contribution is 2.34. The first-order valence-corrected chi connectivity index (χ1v) is 10.0. The Morgan fingerprint density at radius 1 is 1.17 bits per heavy atom. The first-order chi connectivity index (χ1) is 14.2. The molecule has 0 amide bonds. The summed E-state index contributed by atoms with van der Waals surface area (Å²) in [5.41, 5.74) is -0.383. The quantitative estimate of drug-likeness (QED) is 0.734. The van der Waals surface area contributed by atoms with Gasteiger partial charge in [0.2, 0.25) is 5.92 Å². The zero-order valence-electron chi connectivity index (χ0n) is 16.6. The van der Waals surface area contributed by atoms with E-state index in [0.717, 1.165) is 6.92 Å². The fraction of sp³-hybridized carbons (Fsp3) is 0.632. The van der Waals surface area contributed by atoms with Crippen LogP contribution in [0.1, 0.15) is 38.3 Å². The predicted octanol–water partition coefficient (Wildman–Crippen LogP) is 3.60. The number of morpholine rings is 1. The third-order valence-corrected chi connectivity index (χ3v) is 5.35. The molecular formula is C19H24F4N6O. The molecule has 1 aliphatic carbocycles. The van der Waals surface area contributed by atoms with Crippen LogP contribution in [0.4, 0.5) is 29.2 Å². The predicted molar refractivity (Wildman–Crippen MR) is 103 cm³/mol. The van der Waals surface area contributed by atoms with E-state index < -0.39 is 11.8 Å². The van der Waals surface area contributed by atoms with Crippen LogP contribution in [0, 0.1) is 0 Å². The van der Waals surface area contributed by atoms with E-state index in [0.29, 0.717) is 50.8 Å². The average Bonchev–Trinajstić information content (AvgIpc) is 3.21. The zero-order valence-corrected chi connectivity index (χ0v) is 16.6. The number of halogens is 4. The van der Waals surface area contributed by atoms with Crippen molar-refractivity contribution in [2.75, 3.05) is 36.5 Å². The van der Waals surface area contributed by atoms with Crippen LogP contribution >= 0.6 is 0 Å². The lowest BCUT2D eigenvalue weighted by molar-refractivity contribution is -0.0361. The highest BCUT2D eigenvalue weighted by Gasteiger charge is 2.35. The minimum Gasteiger partial charge on any atom is -0.378 e. The topological polar surface area (TPSA) is 68.1 Å². The van der Waals surface area contributed by atoms with Crippen LogP contribution < -0.4 is 10.2 Å². The minimum absolute atomic E-state index is 0.137. The van der Waals surface area contributed by atoms with Crippen LogP contribution in [0.2, 0.25) is 0 Å². The Labute approximate surface area is 171 Å². The Kier molecular flexibility index (Phi) is 5.56. The molecule has 1 saturated heterocycles. The molecule has 11 heteroatoms. The molecule has 0 atom stereocenters. The number of aromatic nitrogens is 4. The van der Waals surface area contributed by atoms with Gasteiger partial charge in [0.25, 0.3) is 11.9 Å². The molecule has 7 nitrogen and oxygen atoms in total. The molecule has 0 spiro atoms. The van der Waals surface area contributed by atoms with E-state index in [1.54, 1.807) is 6.07 Å². The molecule has 0 radical (unpaired) electrons. The molecule has 2 fully saturated rings. The molecule has 0 aromatic carbocycles. The minimum atomic E-state index is -3.08. The normalized spacial score (nSPS) is 20.4. The first kappa shape index (κ1) is 20.8. The van der Waals surface area contributed by atoms with Crippen molar-refractivity contribution >= 4 is 11.6 Å². The lowest BCUT2D eigenvalue weighted by atomic mass is 9.92. The number of alkyl halides is 4. The molecule has 1 aliphatic heterocycles. The van der Waals surface area contributed by atoms with Crippen molar-refractivity contribution in [1.82, 2.24) is 19.7 Å². The molecule has 1 N–H and O–H groups in total. The summed E-state index contributed by atoms with van der Waals surface area (Å²) >= 11 is 0. The molecule has 164 valence electrons. The second kappa shape index (κ2) is 8.01. The van der Waals surface area contributed by atoms with Crippen molar-refractivity contribution in [3.05, 3.63) is 24.0 Å². The highest BCUT2D eigenvalue weighted by atomic mass is 19.3. The van der Waals surface area contributed by atoms with Crippen molar-refractivity contribution in [1.29, 1.82) is 0 Å². The van der Waals surface area contributed by atoms with E-state index in [1.165, 1.54) is 16.9 Å². The van der Waals surface area contributed by atoms with Crippen LogP contribution in [0.15, 0.2) is 18.3 Å². The van der Waals surface area contributed by atoms with Crippen molar-refractivity contribution in [2.24, 2.45) is 0 Å². The lowest BCUT2D eigenvalue weighted by Crippen LogP contribution is -2.37. The van der Waals surface area contributed by atoms with Gasteiger partial charge in [-0.25, -0.2) is 13.5 Å². The molecule has 0 unspecified atom stereocenters. The van der Waals surface area contributed by atoms with Crippen molar-refractivity contribution in [3.8, 4) is 5.95 Å². The number of hydrogen-bond acceptors (Lipinski definition) is 6. The summed E-state index contributed by atoms with van der Waals surface area (Å²) in [6.45, 7) is 3.13. The Morgan fingerprint density at radius 2 is 1.87 bits per heavy atom. The van der Waals surface area contributed by atoms with Gasteiger partial charge >= 0.3 is 0 Å². The average molecular weight is 428 g/mol. The van der Waals surface area contributed by atoms with Crippen LogP contribution in [0.25, 0.3) is 5.95 Å². The monoisotopic (exact) mass is 428 g/mol. The first-order valence-electron chi connectivity index (χ1n) is 10.0. The molecule has 1 saturated carbocycles. The summed E-state index contributed by atoms with van der Waals surface area (Å²) in [7, 11) is 0. The maximum absolute atomic E-state index is 13.6. The number of nitrogens with zero attached hydrogens (tertiary/aromatic N) is 5. The van der Waals surface area contributed by atoms with Crippen molar-refractivity contribution in [3.63, 3.8) is 0 Å². The summed E-state index contributed by atoms with van der Waals surface area (Å²) in [4.78, 5) is 10.9. The van der Waals surface area contributed by atoms with Gasteiger partial charge in [-0.2, -0.15) is 23.8 Å². The largest absolute Gasteiger partial charge is 0.378 e. The maximum atomic E-state index is 13.6. The molecule has 3 heterocycles. The summed E-state index contributed by atoms with van der Waals surface area (Å²) in [5.74, 6) is -4.51. The van der Waals surface area contributed by atoms with E-state index in [1.807, 2.05) is 4.90 Å². The second-order valence-corrected chi connectivity index (χ2v) is 7.82. The fourth-order valence-electron chi connectivity index (χ4n) is 3.62. The third kappa shape index (κ3) is 4.82. The van der Waals surface area contributed by atoms with Crippen LogP contribution in [0.5, 0.6) is 0 Å². The second-order valence-electron chi connectivity index (χ2n) is 7.82. The van der Waals surface area contributed by atoms with Gasteiger partial charge in [0.15, 0.2) is 0 Å². The van der Waals surface area contributed by atoms with E-state index in [4.69, 9.17) is 4.74 Å². The van der Waals surface area contributed by atoms with Crippen LogP contribution in [-0.4, -0.2) is 58.0 Å². The van der Waals surface area contributed by atoms with E-state index in [-0.39, 0.29) is 30.5 Å². The SMILES string of the molecule is CC(F)(F)c1ccn(-c2nc(NC3CCC(F)(F)CC3)cc(N3CCOCC3)n2)n1. The molecule has 2 aliphatic rings. The van der Waals surface area contributed by atoms with Gasteiger partial charge in [0, 0.05) is 51.2 Å². The van der Waals surface area contributed by atoms with Gasteiger partial charge in [0.05, 0.1) is 13.2 Å². The summed E-state index contributed by atoms with van der Waals surface area (Å²) < 4.78 is 60.7. The fourth-order valence-corrected chi connectivity index (χ4v) is 3.62. The molecule has 4 rings (SSSR count). The number of hydrogen-bond donors (Lipinski definition) is 1. The Balaban J connectivity index is 1.62. The van der Waals surface area contributed by atoms with Crippen LogP contribution in [0.3, 0.4) is 0 Å². The zero-order chi connectivity index (χ0) is 21.4. The summed E-state index contributed by atoms with van der Waals surface area (Å²) in [6.07, 6.45) is 1.69. The van der Waals surface area contributed by atoms with Gasteiger partial charge in [0.1, 0.15) is 17.3 Å². The number of ether oxygens (including phenoxy) is 1. The van der Waals surface area contributed by atoms with Gasteiger partial charge in [-0.05, 0) is 18.9 Å². The maximum Gasteiger partial charge on any atom is 0.288 e. The van der Waals surface area contributed by atoms with Gasteiger partial charge in [-0.3, -0.25) is 0 Å². The smallest absolute Gasteiger partial charge is 0.288 e. The standard InChI is InChI=1S/C19H24F4N6O/c1-18(20,21)14-4-7-29(27-14)17-25-15(24-13-2-5-19(22,23)6-3-13)12-16(26-17)28-8-10-30-11-9-28/h4,7,12-13H,2-3,5-6,8-11H2,1H3,(H,24,25,26). The third-order valence-electron chi connectivity index (χ3n) is 5.35. The summed E-state index contributed by atoms with van der Waals surface area (Å²) in [5, 5.41) is 7.13. The van der Waals surface area contributed by atoms with Gasteiger partial charge in [-0.1, -0.05) is 0 Å². The lowest BCUT2D eigenvalue weighted by Gasteiger charge is -2.30. The number of anilines is 2. The summed E-state index contributed by atoms with van der Waals surface area (Å²) in [6, 6.07) is 2.83. The van der Waals surface area contributed by atoms with E-state index in [9.17, 15) is 17.6 Å².